The quantitative estimate of drug-likeness (QED) is 0.679. The lowest BCUT2D eigenvalue weighted by atomic mass is 10.1. The summed E-state index contributed by atoms with van der Waals surface area (Å²) in [5.41, 5.74) is -0.377. The molecule has 1 aromatic carbocycles. The van der Waals surface area contributed by atoms with Crippen molar-refractivity contribution in [1.29, 1.82) is 0 Å². The molecule has 0 fully saturated rings. The molecule has 0 bridgehead atoms. The topological polar surface area (TPSA) is 9.23 Å². The Morgan fingerprint density at radius 3 is 2.36 bits per heavy atom. The standard InChI is InChI=1S/C9H8F4O/c1-14-7-3-2-6(8(10)4-7)5-9(11,12)13/h2-4H,5H2,1H3. The van der Waals surface area contributed by atoms with Crippen molar-refractivity contribution in [3.63, 3.8) is 0 Å². The summed E-state index contributed by atoms with van der Waals surface area (Å²) in [5, 5.41) is 0. The Bertz CT molecular complexity index is 319. The normalized spacial score (nSPS) is 11.5. The lowest BCUT2D eigenvalue weighted by molar-refractivity contribution is -0.127. The Hall–Kier alpha value is -1.26. The first kappa shape index (κ1) is 10.8. The van der Waals surface area contributed by atoms with E-state index in [1.165, 1.54) is 13.2 Å². The Morgan fingerprint density at radius 2 is 1.93 bits per heavy atom. The summed E-state index contributed by atoms with van der Waals surface area (Å²) in [5.74, 6) is -0.699. The summed E-state index contributed by atoms with van der Waals surface area (Å²) in [6.45, 7) is 0. The van der Waals surface area contributed by atoms with Crippen molar-refractivity contribution in [2.45, 2.75) is 12.6 Å². The summed E-state index contributed by atoms with van der Waals surface area (Å²) in [4.78, 5) is 0. The van der Waals surface area contributed by atoms with Gasteiger partial charge >= 0.3 is 6.18 Å². The van der Waals surface area contributed by atoms with Crippen LogP contribution in [0.15, 0.2) is 18.2 Å². The van der Waals surface area contributed by atoms with Gasteiger partial charge in [-0.2, -0.15) is 13.2 Å². The molecule has 5 heteroatoms. The van der Waals surface area contributed by atoms with Crippen molar-refractivity contribution in [3.05, 3.63) is 29.6 Å². The second-order valence-corrected chi connectivity index (χ2v) is 2.75. The molecule has 0 radical (unpaired) electrons. The number of benzene rings is 1. The number of rotatable bonds is 2. The van der Waals surface area contributed by atoms with E-state index in [0.29, 0.717) is 0 Å². The molecule has 0 aromatic heterocycles. The molecule has 0 amide bonds. The summed E-state index contributed by atoms with van der Waals surface area (Å²) >= 11 is 0. The summed E-state index contributed by atoms with van der Waals surface area (Å²) in [6, 6.07) is 3.30. The molecule has 0 spiro atoms. The van der Waals surface area contributed by atoms with Gasteiger partial charge in [0, 0.05) is 6.07 Å². The van der Waals surface area contributed by atoms with Gasteiger partial charge in [0.25, 0.3) is 0 Å². The van der Waals surface area contributed by atoms with Crippen molar-refractivity contribution in [1.82, 2.24) is 0 Å². The highest BCUT2D eigenvalue weighted by Gasteiger charge is 2.29. The smallest absolute Gasteiger partial charge is 0.393 e. The second-order valence-electron chi connectivity index (χ2n) is 2.75. The zero-order chi connectivity index (χ0) is 10.8. The maximum atomic E-state index is 13.0. The van der Waals surface area contributed by atoms with Gasteiger partial charge in [-0.3, -0.25) is 0 Å². The Morgan fingerprint density at radius 1 is 1.29 bits per heavy atom. The number of hydrogen-bond acceptors (Lipinski definition) is 1. The summed E-state index contributed by atoms with van der Waals surface area (Å²) in [6.07, 6.45) is -5.65. The van der Waals surface area contributed by atoms with E-state index in [4.69, 9.17) is 0 Å². The first-order chi connectivity index (χ1) is 6.42. The molecule has 0 heterocycles. The van der Waals surface area contributed by atoms with Gasteiger partial charge in [-0.15, -0.1) is 0 Å². The van der Waals surface area contributed by atoms with Crippen LogP contribution in [-0.2, 0) is 6.42 Å². The predicted molar refractivity (Wildman–Crippen MR) is 42.7 cm³/mol. The molecule has 1 aromatic rings. The van der Waals surface area contributed by atoms with E-state index < -0.39 is 18.4 Å². The van der Waals surface area contributed by atoms with Crippen LogP contribution in [0.5, 0.6) is 5.75 Å². The monoisotopic (exact) mass is 208 g/mol. The lowest BCUT2D eigenvalue weighted by Crippen LogP contribution is -2.12. The van der Waals surface area contributed by atoms with E-state index >= 15 is 0 Å². The van der Waals surface area contributed by atoms with Crippen LogP contribution in [0, 0.1) is 5.82 Å². The maximum Gasteiger partial charge on any atom is 0.393 e. The Labute approximate surface area is 78.3 Å². The molecule has 0 saturated heterocycles. The van der Waals surface area contributed by atoms with Crippen molar-refractivity contribution < 1.29 is 22.3 Å². The fourth-order valence-electron chi connectivity index (χ4n) is 1.01. The highest BCUT2D eigenvalue weighted by Crippen LogP contribution is 2.24. The van der Waals surface area contributed by atoms with E-state index in [1.54, 1.807) is 0 Å². The zero-order valence-corrected chi connectivity index (χ0v) is 7.36. The van der Waals surface area contributed by atoms with Crippen LogP contribution in [0.2, 0.25) is 0 Å². The maximum absolute atomic E-state index is 13.0. The van der Waals surface area contributed by atoms with Crippen LogP contribution < -0.4 is 4.74 Å². The van der Waals surface area contributed by atoms with Gasteiger partial charge < -0.3 is 4.74 Å². The first-order valence-electron chi connectivity index (χ1n) is 3.81. The number of ether oxygens (including phenoxy) is 1. The van der Waals surface area contributed by atoms with Crippen LogP contribution in [0.1, 0.15) is 5.56 Å². The average Bonchev–Trinajstić information content (AvgIpc) is 2.06. The molecule has 0 unspecified atom stereocenters. The van der Waals surface area contributed by atoms with Crippen LogP contribution in [0.4, 0.5) is 17.6 Å². The number of alkyl halides is 3. The van der Waals surface area contributed by atoms with Crippen molar-refractivity contribution in [3.8, 4) is 5.75 Å². The highest BCUT2D eigenvalue weighted by atomic mass is 19.4. The van der Waals surface area contributed by atoms with Crippen LogP contribution in [-0.4, -0.2) is 13.3 Å². The lowest BCUT2D eigenvalue weighted by Gasteiger charge is -2.08. The van der Waals surface area contributed by atoms with E-state index in [2.05, 4.69) is 4.74 Å². The minimum atomic E-state index is -4.39. The second kappa shape index (κ2) is 3.86. The number of halogens is 4. The fraction of sp³-hybridized carbons (Fsp3) is 0.333. The fourth-order valence-corrected chi connectivity index (χ4v) is 1.01. The van der Waals surface area contributed by atoms with Crippen molar-refractivity contribution in [2.24, 2.45) is 0 Å². The van der Waals surface area contributed by atoms with E-state index in [9.17, 15) is 17.6 Å². The summed E-state index contributed by atoms with van der Waals surface area (Å²) < 4.78 is 53.4. The number of hydrogen-bond donors (Lipinski definition) is 0. The zero-order valence-electron chi connectivity index (χ0n) is 7.36. The average molecular weight is 208 g/mol. The van der Waals surface area contributed by atoms with Gasteiger partial charge in [-0.1, -0.05) is 6.07 Å². The van der Waals surface area contributed by atoms with Gasteiger partial charge in [-0.05, 0) is 11.6 Å². The molecule has 1 nitrogen and oxygen atoms in total. The van der Waals surface area contributed by atoms with Gasteiger partial charge in [0.2, 0.25) is 0 Å². The van der Waals surface area contributed by atoms with Gasteiger partial charge in [0.1, 0.15) is 11.6 Å². The van der Waals surface area contributed by atoms with Gasteiger partial charge in [0.15, 0.2) is 0 Å². The van der Waals surface area contributed by atoms with Gasteiger partial charge in [-0.25, -0.2) is 4.39 Å². The third-order valence-electron chi connectivity index (χ3n) is 1.65. The number of methoxy groups -OCH3 is 1. The molecule has 0 saturated carbocycles. The SMILES string of the molecule is COc1ccc(CC(F)(F)F)c(F)c1. The van der Waals surface area contributed by atoms with Crippen molar-refractivity contribution in [2.75, 3.05) is 7.11 Å². The van der Waals surface area contributed by atoms with Gasteiger partial charge in [0.05, 0.1) is 13.5 Å². The molecule has 0 aliphatic rings. The molecule has 0 N–H and O–H groups in total. The molecule has 14 heavy (non-hydrogen) atoms. The third-order valence-corrected chi connectivity index (χ3v) is 1.65. The van der Waals surface area contributed by atoms with E-state index in [1.807, 2.05) is 0 Å². The summed E-state index contributed by atoms with van der Waals surface area (Å²) in [7, 11) is 1.32. The molecular formula is C9H8F4O. The van der Waals surface area contributed by atoms with Crippen LogP contribution in [0.3, 0.4) is 0 Å². The molecule has 1 rings (SSSR count). The van der Waals surface area contributed by atoms with Crippen LogP contribution >= 0.6 is 0 Å². The first-order valence-corrected chi connectivity index (χ1v) is 3.81. The molecule has 0 aliphatic heterocycles. The van der Waals surface area contributed by atoms with Crippen molar-refractivity contribution >= 4 is 0 Å². The molecular weight excluding hydrogens is 200 g/mol. The molecule has 78 valence electrons. The third kappa shape index (κ3) is 2.90. The Kier molecular flexibility index (Phi) is 2.98. The Balaban J connectivity index is 2.89. The predicted octanol–water partition coefficient (Wildman–Crippen LogP) is 2.94. The largest absolute Gasteiger partial charge is 0.497 e. The molecule has 0 atom stereocenters. The van der Waals surface area contributed by atoms with Crippen LogP contribution in [0.25, 0.3) is 0 Å². The molecule has 0 aliphatic carbocycles. The minimum absolute atomic E-state index is 0.202. The van der Waals surface area contributed by atoms with E-state index in [0.717, 1.165) is 12.1 Å². The van der Waals surface area contributed by atoms with E-state index in [-0.39, 0.29) is 11.3 Å². The highest BCUT2D eigenvalue weighted by molar-refractivity contribution is 5.29. The minimum Gasteiger partial charge on any atom is -0.497 e.